The minimum atomic E-state index is -0.579. The van der Waals surface area contributed by atoms with Crippen LogP contribution in [0.1, 0.15) is 22.2 Å². The Labute approximate surface area is 154 Å². The van der Waals surface area contributed by atoms with Gasteiger partial charge in [-0.3, -0.25) is 4.79 Å². The van der Waals surface area contributed by atoms with Crippen molar-refractivity contribution in [3.8, 4) is 11.3 Å². The van der Waals surface area contributed by atoms with Gasteiger partial charge in [-0.15, -0.1) is 11.3 Å². The van der Waals surface area contributed by atoms with E-state index in [1.807, 2.05) is 42.7 Å². The van der Waals surface area contributed by atoms with Gasteiger partial charge in [-0.2, -0.15) is 4.99 Å². The molecule has 3 aromatic rings. The Morgan fingerprint density at radius 1 is 1.20 bits per heavy atom. The fraction of sp³-hybridized carbons (Fsp3) is 0.158. The van der Waals surface area contributed by atoms with Gasteiger partial charge < -0.3 is 4.57 Å². The van der Waals surface area contributed by atoms with E-state index in [2.05, 4.69) is 4.99 Å². The van der Waals surface area contributed by atoms with Gasteiger partial charge in [0.2, 0.25) is 0 Å². The van der Waals surface area contributed by atoms with Gasteiger partial charge in [0.15, 0.2) is 4.80 Å². The van der Waals surface area contributed by atoms with Crippen molar-refractivity contribution in [3.63, 3.8) is 0 Å². The van der Waals surface area contributed by atoms with Crippen LogP contribution in [0.4, 0.5) is 4.39 Å². The molecule has 0 bridgehead atoms. The summed E-state index contributed by atoms with van der Waals surface area (Å²) in [6.07, 6.45) is 0. The lowest BCUT2D eigenvalue weighted by Crippen LogP contribution is -2.17. The fourth-order valence-electron chi connectivity index (χ4n) is 2.65. The van der Waals surface area contributed by atoms with E-state index < -0.39 is 11.7 Å². The van der Waals surface area contributed by atoms with E-state index in [9.17, 15) is 9.18 Å². The molecule has 0 radical (unpaired) electrons. The second kappa shape index (κ2) is 7.33. The van der Waals surface area contributed by atoms with Crippen LogP contribution in [0.25, 0.3) is 11.3 Å². The summed E-state index contributed by atoms with van der Waals surface area (Å²) < 4.78 is 15.8. The molecule has 6 heteroatoms. The number of benzene rings is 2. The zero-order valence-electron chi connectivity index (χ0n) is 13.8. The van der Waals surface area contributed by atoms with Crippen molar-refractivity contribution in [2.75, 3.05) is 0 Å². The first-order valence-electron chi connectivity index (χ1n) is 7.81. The maximum absolute atomic E-state index is 13.8. The molecule has 1 aromatic heterocycles. The smallest absolute Gasteiger partial charge is 0.282 e. The number of halogens is 2. The molecule has 1 heterocycles. The largest absolute Gasteiger partial charge is 0.316 e. The number of amides is 1. The first-order valence-corrected chi connectivity index (χ1v) is 9.00. The van der Waals surface area contributed by atoms with Crippen molar-refractivity contribution in [1.29, 1.82) is 0 Å². The summed E-state index contributed by atoms with van der Waals surface area (Å²) in [5.41, 5.74) is 1.97. The van der Waals surface area contributed by atoms with E-state index in [-0.39, 0.29) is 5.56 Å². The third kappa shape index (κ3) is 3.57. The highest BCUT2D eigenvalue weighted by Crippen LogP contribution is 2.26. The standard InChI is InChI=1S/C19H16ClFN2OS/c1-3-23-17(13-8-10-14(20)11-9-13)12(2)25-19(23)22-18(24)15-6-4-5-7-16(15)21/h4-11H,3H2,1-2H3. The van der Waals surface area contributed by atoms with Crippen LogP contribution in [0.2, 0.25) is 5.02 Å². The lowest BCUT2D eigenvalue weighted by atomic mass is 10.1. The van der Waals surface area contributed by atoms with Gasteiger partial charge in [-0.1, -0.05) is 35.9 Å². The SMILES string of the molecule is CCn1c(-c2ccc(Cl)cc2)c(C)sc1=NC(=O)c1ccccc1F. The molecule has 0 saturated heterocycles. The molecule has 1 amide bonds. The Kier molecular flexibility index (Phi) is 5.16. The predicted octanol–water partition coefficient (Wildman–Crippen LogP) is 5.08. The molecule has 25 heavy (non-hydrogen) atoms. The zero-order chi connectivity index (χ0) is 18.0. The van der Waals surface area contributed by atoms with Crippen molar-refractivity contribution < 1.29 is 9.18 Å². The van der Waals surface area contributed by atoms with Gasteiger partial charge in [0, 0.05) is 16.4 Å². The van der Waals surface area contributed by atoms with Gasteiger partial charge in [0.25, 0.3) is 5.91 Å². The quantitative estimate of drug-likeness (QED) is 0.629. The lowest BCUT2D eigenvalue weighted by molar-refractivity contribution is 0.0994. The Bertz CT molecular complexity index is 989. The Hall–Kier alpha value is -2.24. The molecular weight excluding hydrogens is 359 g/mol. The Morgan fingerprint density at radius 2 is 1.88 bits per heavy atom. The van der Waals surface area contributed by atoms with Gasteiger partial charge in [0.05, 0.1) is 11.3 Å². The molecular formula is C19H16ClFN2OS. The summed E-state index contributed by atoms with van der Waals surface area (Å²) in [7, 11) is 0. The minimum Gasteiger partial charge on any atom is -0.316 e. The molecule has 3 rings (SSSR count). The monoisotopic (exact) mass is 374 g/mol. The maximum Gasteiger partial charge on any atom is 0.282 e. The molecule has 0 spiro atoms. The predicted molar refractivity (Wildman–Crippen MR) is 99.5 cm³/mol. The summed E-state index contributed by atoms with van der Waals surface area (Å²) >= 11 is 7.38. The van der Waals surface area contributed by atoms with Gasteiger partial charge in [-0.05, 0) is 43.7 Å². The number of carbonyl (C=O) groups is 1. The summed E-state index contributed by atoms with van der Waals surface area (Å²) in [5, 5.41) is 0.666. The third-order valence-electron chi connectivity index (χ3n) is 3.81. The highest BCUT2D eigenvalue weighted by molar-refractivity contribution is 7.09. The van der Waals surface area contributed by atoms with Crippen LogP contribution in [-0.4, -0.2) is 10.5 Å². The zero-order valence-corrected chi connectivity index (χ0v) is 15.4. The maximum atomic E-state index is 13.8. The molecule has 0 aliphatic rings. The Balaban J connectivity index is 2.12. The Morgan fingerprint density at radius 3 is 2.52 bits per heavy atom. The van der Waals surface area contributed by atoms with Crippen LogP contribution in [0.15, 0.2) is 53.5 Å². The minimum absolute atomic E-state index is 0.0238. The van der Waals surface area contributed by atoms with Crippen molar-refractivity contribution in [2.45, 2.75) is 20.4 Å². The van der Waals surface area contributed by atoms with Gasteiger partial charge in [-0.25, -0.2) is 4.39 Å². The summed E-state index contributed by atoms with van der Waals surface area (Å²) in [6.45, 7) is 4.61. The highest BCUT2D eigenvalue weighted by Gasteiger charge is 2.14. The molecule has 2 aromatic carbocycles. The average molecular weight is 375 g/mol. The van der Waals surface area contributed by atoms with Crippen molar-refractivity contribution in [3.05, 3.63) is 74.6 Å². The molecule has 128 valence electrons. The molecule has 0 aliphatic carbocycles. The third-order valence-corrected chi connectivity index (χ3v) is 5.06. The van der Waals surface area contributed by atoms with E-state index in [4.69, 9.17) is 11.6 Å². The number of nitrogens with zero attached hydrogens (tertiary/aromatic N) is 2. The molecule has 0 N–H and O–H groups in total. The van der Waals surface area contributed by atoms with E-state index in [0.717, 1.165) is 16.1 Å². The van der Waals surface area contributed by atoms with Crippen LogP contribution < -0.4 is 4.80 Å². The van der Waals surface area contributed by atoms with Crippen molar-refractivity contribution in [1.82, 2.24) is 4.57 Å². The molecule has 0 saturated carbocycles. The normalized spacial score (nSPS) is 11.8. The topological polar surface area (TPSA) is 34.4 Å². The fourth-order valence-corrected chi connectivity index (χ4v) is 3.83. The molecule has 0 aliphatic heterocycles. The molecule has 3 nitrogen and oxygen atoms in total. The molecule has 0 fully saturated rings. The summed E-state index contributed by atoms with van der Waals surface area (Å²) in [6, 6.07) is 13.4. The second-order valence-corrected chi connectivity index (χ2v) is 7.06. The molecule has 0 atom stereocenters. The second-order valence-electron chi connectivity index (χ2n) is 5.44. The number of hydrogen-bond donors (Lipinski definition) is 0. The van der Waals surface area contributed by atoms with E-state index >= 15 is 0 Å². The van der Waals surface area contributed by atoms with E-state index in [1.165, 1.54) is 23.5 Å². The van der Waals surface area contributed by atoms with Crippen LogP contribution in [0.5, 0.6) is 0 Å². The van der Waals surface area contributed by atoms with Gasteiger partial charge >= 0.3 is 0 Å². The number of aryl methyl sites for hydroxylation is 1. The number of aromatic nitrogens is 1. The highest BCUT2D eigenvalue weighted by atomic mass is 35.5. The first-order chi connectivity index (χ1) is 12.0. The van der Waals surface area contributed by atoms with E-state index in [1.54, 1.807) is 12.1 Å². The van der Waals surface area contributed by atoms with Crippen molar-refractivity contribution >= 4 is 28.8 Å². The van der Waals surface area contributed by atoms with E-state index in [0.29, 0.717) is 16.4 Å². The first kappa shape index (κ1) is 17.6. The van der Waals surface area contributed by atoms with Gasteiger partial charge in [0.1, 0.15) is 5.82 Å². The number of carbonyl (C=O) groups excluding carboxylic acids is 1. The van der Waals surface area contributed by atoms with Crippen LogP contribution in [-0.2, 0) is 6.54 Å². The summed E-state index contributed by atoms with van der Waals surface area (Å²) in [4.78, 5) is 18.1. The average Bonchev–Trinajstić information content (AvgIpc) is 2.91. The number of rotatable bonds is 3. The lowest BCUT2D eigenvalue weighted by Gasteiger charge is -2.07. The number of hydrogen-bond acceptors (Lipinski definition) is 2. The summed E-state index contributed by atoms with van der Waals surface area (Å²) in [5.74, 6) is -1.14. The molecule has 0 unspecified atom stereocenters. The van der Waals surface area contributed by atoms with Crippen LogP contribution >= 0.6 is 22.9 Å². The van der Waals surface area contributed by atoms with Crippen LogP contribution in [0, 0.1) is 12.7 Å². The van der Waals surface area contributed by atoms with Crippen LogP contribution in [0.3, 0.4) is 0 Å². The van der Waals surface area contributed by atoms with Crippen molar-refractivity contribution in [2.24, 2.45) is 4.99 Å². The number of thiazole rings is 1.